The minimum absolute atomic E-state index is 0.229. The highest BCUT2D eigenvalue weighted by Gasteiger charge is 2.62. The Kier molecular flexibility index (Phi) is 3.99. The van der Waals surface area contributed by atoms with Crippen LogP contribution in [0.3, 0.4) is 0 Å². The van der Waals surface area contributed by atoms with Crippen LogP contribution in [0.1, 0.15) is 71.3 Å². The minimum atomic E-state index is -0.354. The van der Waals surface area contributed by atoms with Gasteiger partial charge in [0.2, 0.25) is 5.91 Å². The second-order valence-corrected chi connectivity index (χ2v) is 9.87. The normalized spacial score (nSPS) is 35.0. The average Bonchev–Trinajstić information content (AvgIpc) is 3.20. The van der Waals surface area contributed by atoms with Gasteiger partial charge in [-0.1, -0.05) is 57.3 Å². The zero-order chi connectivity index (χ0) is 17.9. The molecule has 3 saturated carbocycles. The molecule has 3 atom stereocenters. The molecular formula is C22H30ClNO. The molecule has 0 heterocycles. The topological polar surface area (TPSA) is 29.1 Å². The van der Waals surface area contributed by atoms with E-state index in [1.54, 1.807) is 0 Å². The van der Waals surface area contributed by atoms with E-state index in [1.165, 1.54) is 12.8 Å². The Labute approximate surface area is 156 Å². The first-order valence-electron chi connectivity index (χ1n) is 9.87. The summed E-state index contributed by atoms with van der Waals surface area (Å²) >= 11 is 6.07. The number of benzene rings is 1. The first kappa shape index (κ1) is 17.4. The number of carbonyl (C=O) groups excluding carboxylic acids is 1. The fourth-order valence-electron chi connectivity index (χ4n) is 6.11. The summed E-state index contributed by atoms with van der Waals surface area (Å²) in [6.45, 7) is 7.21. The van der Waals surface area contributed by atoms with Crippen LogP contribution in [0.4, 0.5) is 0 Å². The Hall–Kier alpha value is -1.02. The number of rotatable bonds is 3. The molecule has 3 heteroatoms. The summed E-state index contributed by atoms with van der Waals surface area (Å²) in [6, 6.07) is 8.27. The second kappa shape index (κ2) is 5.74. The SMILES string of the molecule is CC1(C)[C@H]2CC[C@]1(C)[C@H](NC(=O)C1(c3ccc(Cl)cc3)CCCC1)C2. The van der Waals surface area contributed by atoms with Crippen LogP contribution in [0.15, 0.2) is 24.3 Å². The largest absolute Gasteiger partial charge is 0.352 e. The number of amides is 1. The summed E-state index contributed by atoms with van der Waals surface area (Å²) in [5, 5.41) is 4.27. The van der Waals surface area contributed by atoms with Crippen molar-refractivity contribution in [1.82, 2.24) is 5.32 Å². The van der Waals surface area contributed by atoms with E-state index >= 15 is 0 Å². The van der Waals surface area contributed by atoms with E-state index in [9.17, 15) is 4.79 Å². The summed E-state index contributed by atoms with van der Waals surface area (Å²) in [4.78, 5) is 13.5. The zero-order valence-electron chi connectivity index (χ0n) is 15.7. The predicted molar refractivity (Wildman–Crippen MR) is 103 cm³/mol. The molecule has 0 aromatic heterocycles. The summed E-state index contributed by atoms with van der Waals surface area (Å²) < 4.78 is 0. The molecular weight excluding hydrogens is 330 g/mol. The highest BCUT2D eigenvalue weighted by Crippen LogP contribution is 2.65. The lowest BCUT2D eigenvalue weighted by Crippen LogP contribution is -2.52. The van der Waals surface area contributed by atoms with Crippen LogP contribution < -0.4 is 5.32 Å². The molecule has 0 spiro atoms. The van der Waals surface area contributed by atoms with Crippen LogP contribution in [0.5, 0.6) is 0 Å². The standard InChI is InChI=1S/C22H30ClNO/c1-20(2)16-10-13-21(20,3)18(14-16)24-19(25)22(11-4-5-12-22)15-6-8-17(23)9-7-15/h6-9,16,18H,4-5,10-14H2,1-3H3,(H,24,25)/t16-,18+,21+/m0/s1. The summed E-state index contributed by atoms with van der Waals surface area (Å²) in [5.41, 5.74) is 1.34. The number of nitrogens with one attached hydrogen (secondary N) is 1. The number of halogens is 1. The van der Waals surface area contributed by atoms with Gasteiger partial charge in [-0.3, -0.25) is 4.79 Å². The van der Waals surface area contributed by atoms with E-state index in [0.717, 1.165) is 48.6 Å². The van der Waals surface area contributed by atoms with Crippen molar-refractivity contribution >= 4 is 17.5 Å². The molecule has 0 radical (unpaired) electrons. The van der Waals surface area contributed by atoms with Gasteiger partial charge in [-0.15, -0.1) is 0 Å². The first-order valence-corrected chi connectivity index (χ1v) is 10.2. The zero-order valence-corrected chi connectivity index (χ0v) is 16.5. The van der Waals surface area contributed by atoms with Crippen LogP contribution in [0, 0.1) is 16.7 Å². The van der Waals surface area contributed by atoms with Gasteiger partial charge < -0.3 is 5.32 Å². The fourth-order valence-corrected chi connectivity index (χ4v) is 6.24. The maximum Gasteiger partial charge on any atom is 0.230 e. The van der Waals surface area contributed by atoms with Crippen molar-refractivity contribution in [3.8, 4) is 0 Å². The molecule has 2 bridgehead atoms. The Balaban J connectivity index is 1.60. The fraction of sp³-hybridized carbons (Fsp3) is 0.682. The third-order valence-electron chi connectivity index (χ3n) is 8.39. The van der Waals surface area contributed by atoms with Gasteiger partial charge in [-0.25, -0.2) is 0 Å². The van der Waals surface area contributed by atoms with E-state index < -0.39 is 0 Å². The molecule has 0 unspecified atom stereocenters. The molecule has 3 aliphatic rings. The highest BCUT2D eigenvalue weighted by molar-refractivity contribution is 6.30. The van der Waals surface area contributed by atoms with Gasteiger partial charge in [0.1, 0.15) is 0 Å². The second-order valence-electron chi connectivity index (χ2n) is 9.43. The minimum Gasteiger partial charge on any atom is -0.352 e. The quantitative estimate of drug-likeness (QED) is 0.760. The lowest BCUT2D eigenvalue weighted by atomic mass is 9.68. The van der Waals surface area contributed by atoms with Crippen molar-refractivity contribution in [2.75, 3.05) is 0 Å². The number of hydrogen-bond acceptors (Lipinski definition) is 1. The van der Waals surface area contributed by atoms with Gasteiger partial charge in [0.25, 0.3) is 0 Å². The van der Waals surface area contributed by atoms with Crippen LogP contribution in [-0.4, -0.2) is 11.9 Å². The van der Waals surface area contributed by atoms with E-state index in [1.807, 2.05) is 12.1 Å². The molecule has 1 amide bonds. The van der Waals surface area contributed by atoms with E-state index in [4.69, 9.17) is 11.6 Å². The third-order valence-corrected chi connectivity index (χ3v) is 8.64. The lowest BCUT2D eigenvalue weighted by Gasteiger charge is -2.41. The predicted octanol–water partition coefficient (Wildman–Crippen LogP) is 5.48. The van der Waals surface area contributed by atoms with E-state index in [0.29, 0.717) is 11.5 Å². The Morgan fingerprint density at radius 3 is 2.24 bits per heavy atom. The Morgan fingerprint density at radius 1 is 1.08 bits per heavy atom. The molecule has 3 aliphatic carbocycles. The Bertz CT molecular complexity index is 674. The molecule has 4 rings (SSSR count). The molecule has 2 nitrogen and oxygen atoms in total. The van der Waals surface area contributed by atoms with Gasteiger partial charge in [-0.05, 0) is 66.5 Å². The smallest absolute Gasteiger partial charge is 0.230 e. The molecule has 1 N–H and O–H groups in total. The monoisotopic (exact) mass is 359 g/mol. The summed E-state index contributed by atoms with van der Waals surface area (Å²) in [5.74, 6) is 1.000. The van der Waals surface area contributed by atoms with Gasteiger partial charge in [0.15, 0.2) is 0 Å². The van der Waals surface area contributed by atoms with Crippen molar-refractivity contribution in [1.29, 1.82) is 0 Å². The van der Waals surface area contributed by atoms with Gasteiger partial charge in [-0.2, -0.15) is 0 Å². The van der Waals surface area contributed by atoms with Crippen LogP contribution in [-0.2, 0) is 10.2 Å². The molecule has 1 aromatic rings. The number of fused-ring (bicyclic) bond motifs is 2. The molecule has 136 valence electrons. The van der Waals surface area contributed by atoms with Crippen molar-refractivity contribution in [2.45, 2.75) is 77.2 Å². The van der Waals surface area contributed by atoms with Crippen LogP contribution >= 0.6 is 11.6 Å². The van der Waals surface area contributed by atoms with Crippen molar-refractivity contribution in [2.24, 2.45) is 16.7 Å². The van der Waals surface area contributed by atoms with Crippen molar-refractivity contribution in [3.05, 3.63) is 34.9 Å². The number of hydrogen-bond donors (Lipinski definition) is 1. The van der Waals surface area contributed by atoms with Gasteiger partial charge in [0.05, 0.1) is 5.41 Å². The third kappa shape index (κ3) is 2.40. The lowest BCUT2D eigenvalue weighted by molar-refractivity contribution is -0.128. The molecule has 1 aromatic carbocycles. The van der Waals surface area contributed by atoms with Gasteiger partial charge in [0, 0.05) is 11.1 Å². The van der Waals surface area contributed by atoms with Crippen molar-refractivity contribution < 1.29 is 4.79 Å². The molecule has 0 saturated heterocycles. The molecule has 0 aliphatic heterocycles. The molecule has 25 heavy (non-hydrogen) atoms. The van der Waals surface area contributed by atoms with E-state index in [-0.39, 0.29) is 16.7 Å². The highest BCUT2D eigenvalue weighted by atomic mass is 35.5. The first-order chi connectivity index (χ1) is 11.8. The summed E-state index contributed by atoms with van der Waals surface area (Å²) in [6.07, 6.45) is 7.87. The van der Waals surface area contributed by atoms with Crippen molar-refractivity contribution in [3.63, 3.8) is 0 Å². The number of carbonyl (C=O) groups is 1. The van der Waals surface area contributed by atoms with Gasteiger partial charge >= 0.3 is 0 Å². The van der Waals surface area contributed by atoms with Crippen LogP contribution in [0.2, 0.25) is 5.02 Å². The maximum absolute atomic E-state index is 13.5. The average molecular weight is 360 g/mol. The maximum atomic E-state index is 13.5. The van der Waals surface area contributed by atoms with E-state index in [2.05, 4.69) is 38.2 Å². The van der Waals surface area contributed by atoms with Crippen LogP contribution in [0.25, 0.3) is 0 Å². The molecule has 3 fully saturated rings. The Morgan fingerprint density at radius 2 is 1.72 bits per heavy atom. The summed E-state index contributed by atoms with van der Waals surface area (Å²) in [7, 11) is 0.